The number of likely N-dealkylation sites (tertiary alicyclic amines) is 1. The molecule has 2 amide bonds. The summed E-state index contributed by atoms with van der Waals surface area (Å²) >= 11 is 1.38. The first kappa shape index (κ1) is 12.7. The van der Waals surface area contributed by atoms with Crippen LogP contribution in [0.25, 0.3) is 0 Å². The summed E-state index contributed by atoms with van der Waals surface area (Å²) in [7, 11) is 0. The fourth-order valence-electron chi connectivity index (χ4n) is 2.16. The van der Waals surface area contributed by atoms with Crippen LogP contribution >= 0.6 is 11.8 Å². The van der Waals surface area contributed by atoms with E-state index in [1.165, 1.54) is 11.8 Å². The van der Waals surface area contributed by atoms with Gasteiger partial charge in [0.15, 0.2) is 0 Å². The average Bonchev–Trinajstić information content (AvgIpc) is 3.02. The number of thioether (sulfide) groups is 1. The maximum absolute atomic E-state index is 11.7. The van der Waals surface area contributed by atoms with Gasteiger partial charge in [0, 0.05) is 12.2 Å². The van der Waals surface area contributed by atoms with Gasteiger partial charge < -0.3 is 15.7 Å². The minimum absolute atomic E-state index is 0.0623. The van der Waals surface area contributed by atoms with Crippen molar-refractivity contribution in [1.82, 2.24) is 4.90 Å². The van der Waals surface area contributed by atoms with Gasteiger partial charge in [-0.1, -0.05) is 0 Å². The Hall–Kier alpha value is -0.750. The van der Waals surface area contributed by atoms with Crippen molar-refractivity contribution in [1.29, 1.82) is 0 Å². The third-order valence-corrected chi connectivity index (χ3v) is 4.31. The number of primary amides is 1. The quantitative estimate of drug-likeness (QED) is 0.634. The molecule has 3 N–H and O–H groups in total. The molecule has 1 aliphatic carbocycles. The summed E-state index contributed by atoms with van der Waals surface area (Å²) in [4.78, 5) is 23.9. The second kappa shape index (κ2) is 4.86. The molecule has 2 rings (SSSR count). The number of rotatable bonds is 6. The predicted octanol–water partition coefficient (Wildman–Crippen LogP) is -0.422. The highest BCUT2D eigenvalue weighted by atomic mass is 32.2. The van der Waals surface area contributed by atoms with Crippen LogP contribution in [-0.2, 0) is 9.59 Å². The Labute approximate surface area is 105 Å². The predicted molar refractivity (Wildman–Crippen MR) is 65.4 cm³/mol. The van der Waals surface area contributed by atoms with Crippen molar-refractivity contribution < 1.29 is 14.7 Å². The van der Waals surface area contributed by atoms with Gasteiger partial charge in [-0.15, -0.1) is 0 Å². The molecule has 2 fully saturated rings. The van der Waals surface area contributed by atoms with Gasteiger partial charge >= 0.3 is 0 Å². The van der Waals surface area contributed by atoms with E-state index in [-0.39, 0.29) is 17.6 Å². The van der Waals surface area contributed by atoms with E-state index in [0.29, 0.717) is 31.2 Å². The third kappa shape index (κ3) is 3.13. The maximum atomic E-state index is 11.7. The van der Waals surface area contributed by atoms with Gasteiger partial charge in [-0.05, 0) is 18.8 Å². The first-order valence-corrected chi connectivity index (χ1v) is 7.03. The highest BCUT2D eigenvalue weighted by Gasteiger charge is 2.52. The average molecular weight is 258 g/mol. The van der Waals surface area contributed by atoms with Crippen molar-refractivity contribution in [2.45, 2.75) is 24.9 Å². The Morgan fingerprint density at radius 2 is 2.06 bits per heavy atom. The SMILES string of the molecule is NC(=O)CSCCC(=O)N1CC(O)(C2CC2)C1. The number of β-amino-alcohol motifs (C(OH)–C–C–N with tert-alkyl or cyclic N) is 1. The zero-order valence-electron chi connectivity index (χ0n) is 9.72. The van der Waals surface area contributed by atoms with E-state index < -0.39 is 5.60 Å². The summed E-state index contributed by atoms with van der Waals surface area (Å²) in [6, 6.07) is 0. The number of amides is 2. The summed E-state index contributed by atoms with van der Waals surface area (Å²) in [5.41, 5.74) is 4.39. The molecule has 1 saturated heterocycles. The topological polar surface area (TPSA) is 83.6 Å². The van der Waals surface area contributed by atoms with Crippen LogP contribution in [0.1, 0.15) is 19.3 Å². The highest BCUT2D eigenvalue weighted by Crippen LogP contribution is 2.44. The molecule has 6 heteroatoms. The second-order valence-corrected chi connectivity index (χ2v) is 6.00. The lowest BCUT2D eigenvalue weighted by Gasteiger charge is -2.47. The number of hydrogen-bond donors (Lipinski definition) is 2. The molecule has 17 heavy (non-hydrogen) atoms. The molecule has 0 spiro atoms. The molecular formula is C11H18N2O3S. The first-order valence-electron chi connectivity index (χ1n) is 5.87. The largest absolute Gasteiger partial charge is 0.386 e. The number of hydrogen-bond acceptors (Lipinski definition) is 4. The monoisotopic (exact) mass is 258 g/mol. The first-order chi connectivity index (χ1) is 8.01. The molecule has 1 heterocycles. The standard InChI is InChI=1S/C11H18N2O3S/c12-9(14)5-17-4-3-10(15)13-6-11(16,7-13)8-1-2-8/h8,16H,1-7H2,(H2,12,14). The van der Waals surface area contributed by atoms with Crippen molar-refractivity contribution in [3.63, 3.8) is 0 Å². The molecule has 0 atom stereocenters. The number of carbonyl (C=O) groups excluding carboxylic acids is 2. The molecule has 0 aromatic heterocycles. The highest BCUT2D eigenvalue weighted by molar-refractivity contribution is 7.99. The maximum Gasteiger partial charge on any atom is 0.227 e. The Morgan fingerprint density at radius 3 is 2.59 bits per heavy atom. The van der Waals surface area contributed by atoms with Gasteiger partial charge in [0.2, 0.25) is 11.8 Å². The van der Waals surface area contributed by atoms with E-state index in [1.54, 1.807) is 4.90 Å². The van der Waals surface area contributed by atoms with Crippen LogP contribution in [0.15, 0.2) is 0 Å². The summed E-state index contributed by atoms with van der Waals surface area (Å²) in [5.74, 6) is 0.997. The fourth-order valence-corrected chi connectivity index (χ4v) is 2.82. The Kier molecular flexibility index (Phi) is 3.63. The Morgan fingerprint density at radius 1 is 1.41 bits per heavy atom. The zero-order valence-corrected chi connectivity index (χ0v) is 10.5. The van der Waals surface area contributed by atoms with Crippen LogP contribution in [0.2, 0.25) is 0 Å². The second-order valence-electron chi connectivity index (χ2n) is 4.90. The molecular weight excluding hydrogens is 240 g/mol. The molecule has 5 nitrogen and oxygen atoms in total. The van der Waals surface area contributed by atoms with Crippen LogP contribution in [0.3, 0.4) is 0 Å². The molecule has 1 aliphatic heterocycles. The molecule has 96 valence electrons. The molecule has 1 saturated carbocycles. The van der Waals surface area contributed by atoms with Crippen molar-refractivity contribution in [2.75, 3.05) is 24.6 Å². The van der Waals surface area contributed by atoms with E-state index in [4.69, 9.17) is 5.73 Å². The summed E-state index contributed by atoms with van der Waals surface area (Å²) < 4.78 is 0. The van der Waals surface area contributed by atoms with E-state index in [9.17, 15) is 14.7 Å². The number of carbonyl (C=O) groups is 2. The lowest BCUT2D eigenvalue weighted by Crippen LogP contribution is -2.64. The molecule has 0 radical (unpaired) electrons. The Bertz CT molecular complexity index is 325. The lowest BCUT2D eigenvalue weighted by molar-refractivity contribution is -0.158. The molecule has 0 aromatic rings. The van der Waals surface area contributed by atoms with Gasteiger partial charge in [0.05, 0.1) is 18.8 Å². The fraction of sp³-hybridized carbons (Fsp3) is 0.818. The minimum atomic E-state index is -0.601. The molecule has 0 aromatic carbocycles. The van der Waals surface area contributed by atoms with Crippen molar-refractivity contribution >= 4 is 23.6 Å². The van der Waals surface area contributed by atoms with Gasteiger partial charge in [-0.25, -0.2) is 0 Å². The van der Waals surface area contributed by atoms with E-state index in [0.717, 1.165) is 12.8 Å². The van der Waals surface area contributed by atoms with Gasteiger partial charge in [0.1, 0.15) is 5.60 Å². The smallest absolute Gasteiger partial charge is 0.227 e. The van der Waals surface area contributed by atoms with Gasteiger partial charge in [-0.3, -0.25) is 9.59 Å². The minimum Gasteiger partial charge on any atom is -0.386 e. The van der Waals surface area contributed by atoms with Crippen molar-refractivity contribution in [3.8, 4) is 0 Å². The zero-order chi connectivity index (χ0) is 12.5. The van der Waals surface area contributed by atoms with Crippen molar-refractivity contribution in [3.05, 3.63) is 0 Å². The number of nitrogens with two attached hydrogens (primary N) is 1. The number of aliphatic hydroxyl groups is 1. The Balaban J connectivity index is 1.60. The van der Waals surface area contributed by atoms with Crippen LogP contribution < -0.4 is 5.73 Å². The van der Waals surface area contributed by atoms with E-state index in [2.05, 4.69) is 0 Å². The molecule has 0 unspecified atom stereocenters. The summed E-state index contributed by atoms with van der Waals surface area (Å²) in [5, 5.41) is 10.1. The lowest BCUT2D eigenvalue weighted by atomic mass is 9.88. The van der Waals surface area contributed by atoms with Crippen LogP contribution in [-0.4, -0.2) is 52.0 Å². The van der Waals surface area contributed by atoms with Crippen LogP contribution in [0.5, 0.6) is 0 Å². The summed E-state index contributed by atoms with van der Waals surface area (Å²) in [6.07, 6.45) is 2.60. The molecule has 2 aliphatic rings. The van der Waals surface area contributed by atoms with Crippen LogP contribution in [0.4, 0.5) is 0 Å². The van der Waals surface area contributed by atoms with Crippen molar-refractivity contribution in [2.24, 2.45) is 11.7 Å². The van der Waals surface area contributed by atoms with E-state index in [1.807, 2.05) is 0 Å². The van der Waals surface area contributed by atoms with Crippen LogP contribution in [0, 0.1) is 5.92 Å². The van der Waals surface area contributed by atoms with Gasteiger partial charge in [0.25, 0.3) is 0 Å². The normalized spacial score (nSPS) is 22.1. The molecule has 0 bridgehead atoms. The number of nitrogens with zero attached hydrogens (tertiary/aromatic N) is 1. The van der Waals surface area contributed by atoms with E-state index >= 15 is 0 Å². The third-order valence-electron chi connectivity index (χ3n) is 3.32. The summed E-state index contributed by atoms with van der Waals surface area (Å²) in [6.45, 7) is 0.966. The van der Waals surface area contributed by atoms with Gasteiger partial charge in [-0.2, -0.15) is 11.8 Å².